The summed E-state index contributed by atoms with van der Waals surface area (Å²) in [6, 6.07) is 9.93. The third kappa shape index (κ3) is 5.80. The minimum Gasteiger partial charge on any atom is -0.444 e. The number of halogens is 1. The van der Waals surface area contributed by atoms with Crippen molar-refractivity contribution >= 4 is 42.5 Å². The Labute approximate surface area is 222 Å². The van der Waals surface area contributed by atoms with Gasteiger partial charge in [0.25, 0.3) is 10.0 Å². The number of amides is 1. The van der Waals surface area contributed by atoms with E-state index in [1.165, 1.54) is 43.4 Å². The molecule has 2 aromatic carbocycles. The van der Waals surface area contributed by atoms with Crippen molar-refractivity contribution in [3.8, 4) is 0 Å². The van der Waals surface area contributed by atoms with E-state index in [0.717, 1.165) is 16.1 Å². The smallest absolute Gasteiger partial charge is 0.410 e. The van der Waals surface area contributed by atoms with Crippen LogP contribution in [-0.2, 0) is 24.6 Å². The molecule has 12 heteroatoms. The number of hydrogen-bond acceptors (Lipinski definition) is 6. The van der Waals surface area contributed by atoms with Crippen LogP contribution in [0.5, 0.6) is 0 Å². The molecule has 1 aliphatic rings. The van der Waals surface area contributed by atoms with Crippen LogP contribution in [0.3, 0.4) is 0 Å². The van der Waals surface area contributed by atoms with Gasteiger partial charge in [-0.2, -0.15) is 8.42 Å². The summed E-state index contributed by atoms with van der Waals surface area (Å²) in [6.07, 6.45) is 1.88. The number of ether oxygens (including phenoxy) is 1. The third-order valence-corrected chi connectivity index (χ3v) is 9.36. The molecule has 0 aliphatic carbocycles. The van der Waals surface area contributed by atoms with Crippen molar-refractivity contribution in [2.45, 2.75) is 55.1 Å². The molecule has 1 N–H and O–H groups in total. The van der Waals surface area contributed by atoms with Gasteiger partial charge in [0.15, 0.2) is 14.9 Å². The third-order valence-electron chi connectivity index (χ3n) is 6.54. The summed E-state index contributed by atoms with van der Waals surface area (Å²) in [5, 5.41) is 0.201. The number of anilines is 1. The highest BCUT2D eigenvalue weighted by molar-refractivity contribution is 7.93. The van der Waals surface area contributed by atoms with Gasteiger partial charge >= 0.3 is 6.09 Å². The number of piperidine rings is 1. The summed E-state index contributed by atoms with van der Waals surface area (Å²) in [4.78, 5) is 16.7. The van der Waals surface area contributed by atoms with Gasteiger partial charge in [0.2, 0.25) is 0 Å². The number of sulfone groups is 1. The number of nitrogens with zero attached hydrogens (tertiary/aromatic N) is 2. The molecule has 0 bridgehead atoms. The monoisotopic (exact) mass is 565 g/mol. The van der Waals surface area contributed by atoms with E-state index < -0.39 is 31.3 Å². The van der Waals surface area contributed by atoms with Gasteiger partial charge < -0.3 is 14.6 Å². The van der Waals surface area contributed by atoms with E-state index in [0.29, 0.717) is 36.8 Å². The summed E-state index contributed by atoms with van der Waals surface area (Å²) >= 11 is 0. The molecule has 38 heavy (non-hydrogen) atoms. The summed E-state index contributed by atoms with van der Waals surface area (Å²) in [5.74, 6) is -0.505. The number of aromatic nitrogens is 1. The predicted molar refractivity (Wildman–Crippen MR) is 143 cm³/mol. The molecule has 0 atom stereocenters. The highest BCUT2D eigenvalue weighted by Crippen LogP contribution is 2.35. The Bertz CT molecular complexity index is 1580. The Morgan fingerprint density at radius 1 is 1.05 bits per heavy atom. The fourth-order valence-corrected chi connectivity index (χ4v) is 6.78. The topological polar surface area (TPSA) is 117 Å². The molecule has 4 rings (SSSR count). The number of benzene rings is 2. The van der Waals surface area contributed by atoms with Crippen LogP contribution in [0.4, 0.5) is 14.9 Å². The zero-order chi connectivity index (χ0) is 28.0. The molecule has 206 valence electrons. The number of sulfonamides is 1. The number of aromatic amines is 1. The number of likely N-dealkylation sites (tertiary alicyclic amines) is 1. The number of fused-ring (bicyclic) bond motifs is 1. The first-order chi connectivity index (χ1) is 17.6. The van der Waals surface area contributed by atoms with Crippen molar-refractivity contribution < 1.29 is 30.8 Å². The van der Waals surface area contributed by atoms with Gasteiger partial charge in [-0.15, -0.1) is 0 Å². The fraction of sp³-hybridized carbons (Fsp3) is 0.423. The van der Waals surface area contributed by atoms with E-state index in [9.17, 15) is 26.0 Å². The van der Waals surface area contributed by atoms with Gasteiger partial charge in [-0.05, 0) is 81.5 Å². The molecule has 0 saturated carbocycles. The number of carbonyl (C=O) groups is 1. The van der Waals surface area contributed by atoms with Gasteiger partial charge in [-0.3, -0.25) is 4.31 Å². The molecule has 0 spiro atoms. The Morgan fingerprint density at radius 2 is 1.71 bits per heavy atom. The van der Waals surface area contributed by atoms with Crippen molar-refractivity contribution in [1.29, 1.82) is 0 Å². The molecular weight excluding hydrogens is 533 g/mol. The van der Waals surface area contributed by atoms with Crippen LogP contribution in [0.25, 0.3) is 10.9 Å². The Kier molecular flexibility index (Phi) is 7.26. The van der Waals surface area contributed by atoms with Gasteiger partial charge in [0.1, 0.15) is 11.4 Å². The summed E-state index contributed by atoms with van der Waals surface area (Å²) in [5.41, 5.74) is 0.607. The second-order valence-corrected chi connectivity index (χ2v) is 14.5. The van der Waals surface area contributed by atoms with E-state index >= 15 is 0 Å². The SMILES string of the molecule is CN(c1ccc(C2CCN(C(=O)OC(C)(C)C)CC2)cc1S(C)(=O)=O)S(=O)(=O)c1cc2cc(F)ccc2[nH]1. The van der Waals surface area contributed by atoms with Crippen LogP contribution in [0, 0.1) is 5.82 Å². The van der Waals surface area contributed by atoms with Crippen molar-refractivity contribution in [2.24, 2.45) is 0 Å². The van der Waals surface area contributed by atoms with Crippen LogP contribution in [0.15, 0.2) is 52.4 Å². The van der Waals surface area contributed by atoms with Crippen LogP contribution < -0.4 is 4.31 Å². The first-order valence-corrected chi connectivity index (χ1v) is 15.5. The molecule has 1 saturated heterocycles. The van der Waals surface area contributed by atoms with Gasteiger partial charge in [0, 0.05) is 37.3 Å². The number of carbonyl (C=O) groups excluding carboxylic acids is 1. The second kappa shape index (κ2) is 9.88. The molecule has 3 aromatic rings. The zero-order valence-electron chi connectivity index (χ0n) is 22.0. The van der Waals surface area contributed by atoms with E-state index in [1.54, 1.807) is 31.7 Å². The molecule has 1 fully saturated rings. The summed E-state index contributed by atoms with van der Waals surface area (Å²) in [6.45, 7) is 6.35. The molecule has 2 heterocycles. The van der Waals surface area contributed by atoms with Crippen LogP contribution in [-0.4, -0.2) is 64.8 Å². The van der Waals surface area contributed by atoms with Crippen molar-refractivity contribution in [3.05, 3.63) is 53.8 Å². The summed E-state index contributed by atoms with van der Waals surface area (Å²) < 4.78 is 72.3. The Balaban J connectivity index is 1.61. The average molecular weight is 566 g/mol. The lowest BCUT2D eigenvalue weighted by molar-refractivity contribution is 0.0205. The van der Waals surface area contributed by atoms with Crippen molar-refractivity contribution in [3.63, 3.8) is 0 Å². The Morgan fingerprint density at radius 3 is 2.32 bits per heavy atom. The van der Waals surface area contributed by atoms with Crippen molar-refractivity contribution in [1.82, 2.24) is 9.88 Å². The lowest BCUT2D eigenvalue weighted by Crippen LogP contribution is -2.41. The molecular formula is C26H32FN3O6S2. The highest BCUT2D eigenvalue weighted by atomic mass is 32.2. The van der Waals surface area contributed by atoms with Gasteiger partial charge in [0.05, 0.1) is 10.6 Å². The zero-order valence-corrected chi connectivity index (χ0v) is 23.6. The lowest BCUT2D eigenvalue weighted by atomic mass is 9.89. The maximum absolute atomic E-state index is 13.6. The van der Waals surface area contributed by atoms with Crippen molar-refractivity contribution in [2.75, 3.05) is 30.7 Å². The molecule has 0 radical (unpaired) electrons. The minimum atomic E-state index is -4.19. The average Bonchev–Trinajstić information content (AvgIpc) is 3.26. The minimum absolute atomic E-state index is 0.00578. The van der Waals surface area contributed by atoms with E-state index in [4.69, 9.17) is 4.74 Å². The first-order valence-electron chi connectivity index (χ1n) is 12.2. The van der Waals surface area contributed by atoms with Gasteiger partial charge in [-0.25, -0.2) is 17.6 Å². The second-order valence-electron chi connectivity index (χ2n) is 10.6. The Hall–Kier alpha value is -3.12. The lowest BCUT2D eigenvalue weighted by Gasteiger charge is -2.34. The van der Waals surface area contributed by atoms with E-state index in [2.05, 4.69) is 4.98 Å². The molecule has 1 aromatic heterocycles. The number of hydrogen-bond donors (Lipinski definition) is 1. The van der Waals surface area contributed by atoms with E-state index in [1.807, 2.05) is 0 Å². The highest BCUT2D eigenvalue weighted by Gasteiger charge is 2.31. The maximum Gasteiger partial charge on any atom is 0.410 e. The van der Waals surface area contributed by atoms with Crippen LogP contribution in [0.2, 0.25) is 0 Å². The number of nitrogens with one attached hydrogen (secondary N) is 1. The fourth-order valence-electron chi connectivity index (χ4n) is 4.56. The van der Waals surface area contributed by atoms with Crippen LogP contribution >= 0.6 is 0 Å². The first kappa shape index (κ1) is 27.9. The molecule has 1 aliphatic heterocycles. The maximum atomic E-state index is 13.6. The van der Waals surface area contributed by atoms with E-state index in [-0.39, 0.29) is 27.6 Å². The quantitative estimate of drug-likeness (QED) is 0.481. The molecule has 9 nitrogen and oxygen atoms in total. The number of rotatable bonds is 5. The number of H-pyrrole nitrogens is 1. The molecule has 1 amide bonds. The predicted octanol–water partition coefficient (Wildman–Crippen LogP) is 4.65. The molecule has 0 unspecified atom stereocenters. The summed E-state index contributed by atoms with van der Waals surface area (Å²) in [7, 11) is -6.71. The van der Waals surface area contributed by atoms with Gasteiger partial charge in [-0.1, -0.05) is 6.07 Å². The largest absolute Gasteiger partial charge is 0.444 e. The standard InChI is InChI=1S/C26H32FN3O6S2/c1-26(2,3)36-25(31)30-12-10-17(11-13-30)18-6-9-22(23(15-18)37(5,32)33)29(4)38(34,35)24-16-19-14-20(27)7-8-21(19)28-24/h6-9,14-17,28H,10-13H2,1-5H3. The van der Waals surface area contributed by atoms with Crippen LogP contribution in [0.1, 0.15) is 45.1 Å². The normalized spacial score (nSPS) is 15.6.